The van der Waals surface area contributed by atoms with E-state index < -0.39 is 18.6 Å². The first-order valence-corrected chi connectivity index (χ1v) is 10.0. The molecule has 0 aliphatic heterocycles. The molecule has 0 heterocycles. The van der Waals surface area contributed by atoms with Crippen LogP contribution >= 0.6 is 0 Å². The first-order valence-electron chi connectivity index (χ1n) is 10.0. The number of ketones is 1. The number of carbonyl (C=O) groups excluding carboxylic acids is 1. The van der Waals surface area contributed by atoms with Gasteiger partial charge >= 0.3 is 0 Å². The highest BCUT2D eigenvalue weighted by atomic mass is 16.3. The van der Waals surface area contributed by atoms with Crippen molar-refractivity contribution in [3.63, 3.8) is 0 Å². The summed E-state index contributed by atoms with van der Waals surface area (Å²) < 4.78 is 0. The number of fused-ring (bicyclic) bond motifs is 5. The fourth-order valence-electron chi connectivity index (χ4n) is 7.34. The molecule has 4 nitrogen and oxygen atoms in total. The first kappa shape index (κ1) is 17.7. The Labute approximate surface area is 150 Å². The van der Waals surface area contributed by atoms with Crippen LogP contribution in [0.15, 0.2) is 11.6 Å². The Balaban J connectivity index is 1.67. The summed E-state index contributed by atoms with van der Waals surface area (Å²) in [6, 6.07) is 0. The molecule has 4 aliphatic rings. The summed E-state index contributed by atoms with van der Waals surface area (Å²) in [5.74, 6) is 0.857. The number of aliphatic hydroxyl groups excluding tert-OH is 3. The van der Waals surface area contributed by atoms with Crippen LogP contribution in [-0.2, 0) is 4.79 Å². The van der Waals surface area contributed by atoms with Gasteiger partial charge in [0.15, 0.2) is 5.78 Å². The van der Waals surface area contributed by atoms with Crippen molar-refractivity contribution < 1.29 is 20.1 Å². The number of rotatable bonds is 2. The second-order valence-corrected chi connectivity index (χ2v) is 9.61. The normalized spacial score (nSPS) is 52.0. The molecule has 0 amide bonds. The van der Waals surface area contributed by atoms with Gasteiger partial charge in [-0.15, -0.1) is 0 Å². The highest BCUT2D eigenvalue weighted by Crippen LogP contribution is 2.66. The molecular weight excluding hydrogens is 316 g/mol. The number of aliphatic hydroxyl groups is 3. The lowest BCUT2D eigenvalue weighted by Gasteiger charge is -2.57. The van der Waals surface area contributed by atoms with E-state index in [9.17, 15) is 20.1 Å². The Morgan fingerprint density at radius 2 is 1.96 bits per heavy atom. The van der Waals surface area contributed by atoms with Gasteiger partial charge in [-0.1, -0.05) is 25.5 Å². The minimum atomic E-state index is -0.611. The van der Waals surface area contributed by atoms with E-state index in [2.05, 4.69) is 19.9 Å². The molecule has 4 rings (SSSR count). The summed E-state index contributed by atoms with van der Waals surface area (Å²) in [6.07, 6.45) is 8.05. The molecule has 4 aliphatic carbocycles. The maximum Gasteiger partial charge on any atom is 0.164 e. The lowest BCUT2D eigenvalue weighted by Crippen LogP contribution is -2.51. The fraction of sp³-hybridized carbons (Fsp3) is 0.857. The number of hydrogen-bond donors (Lipinski definition) is 3. The molecule has 3 fully saturated rings. The Morgan fingerprint density at radius 1 is 1.20 bits per heavy atom. The van der Waals surface area contributed by atoms with Crippen LogP contribution in [0.5, 0.6) is 0 Å². The molecule has 0 aromatic heterocycles. The average Bonchev–Trinajstić information content (AvgIpc) is 2.85. The van der Waals surface area contributed by atoms with Gasteiger partial charge in [0.05, 0.1) is 18.1 Å². The second-order valence-electron chi connectivity index (χ2n) is 9.61. The van der Waals surface area contributed by atoms with Gasteiger partial charge in [0, 0.05) is 0 Å². The Bertz CT molecular complexity index is 599. The van der Waals surface area contributed by atoms with Gasteiger partial charge in [-0.25, -0.2) is 0 Å². The van der Waals surface area contributed by atoms with Crippen molar-refractivity contribution in [3.05, 3.63) is 11.6 Å². The zero-order valence-electron chi connectivity index (χ0n) is 15.4. The maximum atomic E-state index is 12.3. The summed E-state index contributed by atoms with van der Waals surface area (Å²) >= 11 is 0. The summed E-state index contributed by atoms with van der Waals surface area (Å²) in [6.45, 7) is 4.10. The van der Waals surface area contributed by atoms with Crippen LogP contribution in [0, 0.1) is 34.5 Å². The predicted octanol–water partition coefficient (Wildman–Crippen LogP) is 2.46. The van der Waals surface area contributed by atoms with Gasteiger partial charge in [0.2, 0.25) is 0 Å². The van der Waals surface area contributed by atoms with Crippen LogP contribution in [0.25, 0.3) is 0 Å². The van der Waals surface area contributed by atoms with Crippen molar-refractivity contribution in [3.8, 4) is 0 Å². The lowest BCUT2D eigenvalue weighted by atomic mass is 9.47. The van der Waals surface area contributed by atoms with Crippen LogP contribution in [-0.4, -0.2) is 39.9 Å². The monoisotopic (exact) mass is 348 g/mol. The number of hydrogen-bond acceptors (Lipinski definition) is 4. The largest absolute Gasteiger partial charge is 0.393 e. The summed E-state index contributed by atoms with van der Waals surface area (Å²) in [5.41, 5.74) is 1.43. The number of carbonyl (C=O) groups is 1. The Hall–Kier alpha value is -0.710. The average molecular weight is 348 g/mol. The third-order valence-electron chi connectivity index (χ3n) is 8.61. The van der Waals surface area contributed by atoms with Gasteiger partial charge < -0.3 is 15.3 Å². The molecule has 0 radical (unpaired) electrons. The van der Waals surface area contributed by atoms with Gasteiger partial charge in [0.1, 0.15) is 6.61 Å². The molecule has 0 unspecified atom stereocenters. The minimum absolute atomic E-state index is 0.174. The smallest absolute Gasteiger partial charge is 0.164 e. The number of Topliss-reactive ketones (excluding diaryl/α,β-unsaturated/α-hetero) is 1. The quantitative estimate of drug-likeness (QED) is 0.670. The molecule has 25 heavy (non-hydrogen) atoms. The van der Waals surface area contributed by atoms with Crippen molar-refractivity contribution >= 4 is 5.78 Å². The second kappa shape index (κ2) is 5.90. The zero-order valence-corrected chi connectivity index (χ0v) is 15.4. The zero-order chi connectivity index (χ0) is 18.0. The Kier molecular flexibility index (Phi) is 4.17. The van der Waals surface area contributed by atoms with Gasteiger partial charge in [0.25, 0.3) is 0 Å². The van der Waals surface area contributed by atoms with Crippen molar-refractivity contribution in [2.45, 2.75) is 71.0 Å². The van der Waals surface area contributed by atoms with E-state index in [1.54, 1.807) is 0 Å². The lowest BCUT2D eigenvalue weighted by molar-refractivity contribution is -0.135. The molecule has 140 valence electrons. The van der Waals surface area contributed by atoms with Crippen molar-refractivity contribution in [2.24, 2.45) is 34.5 Å². The fourth-order valence-corrected chi connectivity index (χ4v) is 7.34. The Morgan fingerprint density at radius 3 is 2.68 bits per heavy atom. The third kappa shape index (κ3) is 2.40. The van der Waals surface area contributed by atoms with E-state index in [1.165, 1.54) is 5.57 Å². The van der Waals surface area contributed by atoms with Crippen molar-refractivity contribution in [2.75, 3.05) is 6.61 Å². The molecule has 3 N–H and O–H groups in total. The molecule has 0 spiro atoms. The number of allylic oxidation sites excluding steroid dienone is 1. The third-order valence-corrected chi connectivity index (χ3v) is 8.61. The topological polar surface area (TPSA) is 77.8 Å². The molecule has 0 aromatic rings. The summed E-state index contributed by atoms with van der Waals surface area (Å²) in [5, 5.41) is 30.1. The van der Waals surface area contributed by atoms with Crippen molar-refractivity contribution in [1.82, 2.24) is 0 Å². The van der Waals surface area contributed by atoms with E-state index >= 15 is 0 Å². The van der Waals surface area contributed by atoms with Crippen LogP contribution < -0.4 is 0 Å². The molecule has 8 atom stereocenters. The standard InChI is InChI=1S/C21H32O4/c1-20-7-5-13(23)9-12(20)3-4-14-15(20)6-8-21(2)16(14)10-17(24)19(21)18(25)11-22/h3,13-17,19,22-24H,4-11H2,1-2H3/t13-,14+,15-,16-,17+,19+,20-,21-/m0/s1. The van der Waals surface area contributed by atoms with E-state index in [4.69, 9.17) is 0 Å². The molecule has 4 heteroatoms. The minimum Gasteiger partial charge on any atom is -0.393 e. The molecule has 0 bridgehead atoms. The van der Waals surface area contributed by atoms with E-state index in [0.717, 1.165) is 38.5 Å². The van der Waals surface area contributed by atoms with E-state index in [-0.39, 0.29) is 22.7 Å². The predicted molar refractivity (Wildman–Crippen MR) is 94.7 cm³/mol. The van der Waals surface area contributed by atoms with Crippen molar-refractivity contribution in [1.29, 1.82) is 0 Å². The summed E-state index contributed by atoms with van der Waals surface area (Å²) in [4.78, 5) is 12.3. The highest BCUT2D eigenvalue weighted by molar-refractivity contribution is 5.83. The van der Waals surface area contributed by atoms with Crippen LogP contribution in [0.4, 0.5) is 0 Å². The molecule has 0 aromatic carbocycles. The molecule has 3 saturated carbocycles. The maximum absolute atomic E-state index is 12.3. The summed E-state index contributed by atoms with van der Waals surface area (Å²) in [7, 11) is 0. The first-order chi connectivity index (χ1) is 11.8. The van der Waals surface area contributed by atoms with E-state index in [0.29, 0.717) is 24.2 Å². The van der Waals surface area contributed by atoms with Crippen LogP contribution in [0.3, 0.4) is 0 Å². The highest BCUT2D eigenvalue weighted by Gasteiger charge is 2.62. The van der Waals surface area contributed by atoms with Gasteiger partial charge in [-0.05, 0) is 73.5 Å². The molecular formula is C21H32O4. The molecule has 0 saturated heterocycles. The van der Waals surface area contributed by atoms with E-state index in [1.807, 2.05) is 0 Å². The van der Waals surface area contributed by atoms with Crippen LogP contribution in [0.1, 0.15) is 58.8 Å². The van der Waals surface area contributed by atoms with Crippen LogP contribution in [0.2, 0.25) is 0 Å². The van der Waals surface area contributed by atoms with Gasteiger partial charge in [-0.3, -0.25) is 4.79 Å². The SMILES string of the molecule is C[C@]12CC[C@H]3[C@@H](CC=C4C[C@@H](O)CC[C@@]43C)[C@@H]1C[C@@H](O)[C@@H]2C(=O)CO. The van der Waals surface area contributed by atoms with Gasteiger partial charge in [-0.2, -0.15) is 0 Å².